The molecule has 1 aliphatic heterocycles. The predicted octanol–water partition coefficient (Wildman–Crippen LogP) is 2.06. The van der Waals surface area contributed by atoms with E-state index in [9.17, 15) is 0 Å². The highest BCUT2D eigenvalue weighted by Gasteiger charge is 2.18. The summed E-state index contributed by atoms with van der Waals surface area (Å²) < 4.78 is 5.70. The van der Waals surface area contributed by atoms with Crippen molar-refractivity contribution in [1.29, 1.82) is 0 Å². The molecule has 0 bridgehead atoms. The number of hydrogen-bond donors (Lipinski definition) is 1. The van der Waals surface area contributed by atoms with Gasteiger partial charge in [0.15, 0.2) is 0 Å². The van der Waals surface area contributed by atoms with Gasteiger partial charge in [0, 0.05) is 19.6 Å². The fourth-order valence-corrected chi connectivity index (χ4v) is 2.69. The van der Waals surface area contributed by atoms with Gasteiger partial charge < -0.3 is 15.4 Å². The monoisotopic (exact) mass is 262 g/mol. The molecule has 2 rings (SSSR count). The van der Waals surface area contributed by atoms with E-state index in [0.717, 1.165) is 12.8 Å². The summed E-state index contributed by atoms with van der Waals surface area (Å²) in [6.07, 6.45) is 5.19. The molecule has 0 spiro atoms. The molecule has 2 N–H and O–H groups in total. The van der Waals surface area contributed by atoms with E-state index in [1.165, 1.54) is 38.0 Å². The van der Waals surface area contributed by atoms with Crippen molar-refractivity contribution in [2.45, 2.75) is 31.8 Å². The number of ether oxygens (including phenoxy) is 1. The third kappa shape index (κ3) is 5.31. The molecular weight excluding hydrogens is 236 g/mol. The van der Waals surface area contributed by atoms with E-state index in [2.05, 4.69) is 35.2 Å². The maximum atomic E-state index is 5.70. The van der Waals surface area contributed by atoms with Gasteiger partial charge in [-0.3, -0.25) is 0 Å². The van der Waals surface area contributed by atoms with Crippen molar-refractivity contribution in [1.82, 2.24) is 4.90 Å². The lowest BCUT2D eigenvalue weighted by Gasteiger charge is -2.31. The van der Waals surface area contributed by atoms with Crippen LogP contribution < -0.4 is 5.73 Å². The van der Waals surface area contributed by atoms with Crippen LogP contribution in [0.15, 0.2) is 30.3 Å². The van der Waals surface area contributed by atoms with Crippen molar-refractivity contribution >= 4 is 0 Å². The Bertz CT molecular complexity index is 334. The number of hydrogen-bond acceptors (Lipinski definition) is 3. The molecular formula is C16H26N2O. The van der Waals surface area contributed by atoms with Gasteiger partial charge in [-0.1, -0.05) is 30.3 Å². The Labute approximate surface area is 116 Å². The van der Waals surface area contributed by atoms with Gasteiger partial charge in [-0.25, -0.2) is 0 Å². The molecule has 19 heavy (non-hydrogen) atoms. The van der Waals surface area contributed by atoms with Gasteiger partial charge in [0.05, 0.1) is 12.7 Å². The Morgan fingerprint density at radius 3 is 2.58 bits per heavy atom. The van der Waals surface area contributed by atoms with Crippen molar-refractivity contribution in [2.75, 3.05) is 32.8 Å². The Balaban J connectivity index is 1.58. The second kappa shape index (κ2) is 8.31. The zero-order valence-electron chi connectivity index (χ0n) is 11.8. The van der Waals surface area contributed by atoms with Crippen molar-refractivity contribution < 1.29 is 4.74 Å². The first kappa shape index (κ1) is 14.5. The van der Waals surface area contributed by atoms with Gasteiger partial charge >= 0.3 is 0 Å². The SMILES string of the molecule is NCCOC1CCN(CCCc2ccccc2)CC1. The van der Waals surface area contributed by atoms with E-state index in [1.807, 2.05) is 0 Å². The maximum Gasteiger partial charge on any atom is 0.0600 e. The first-order valence-electron chi connectivity index (χ1n) is 7.46. The fourth-order valence-electron chi connectivity index (χ4n) is 2.69. The Morgan fingerprint density at radius 2 is 1.89 bits per heavy atom. The Hall–Kier alpha value is -0.900. The number of aryl methyl sites for hydroxylation is 1. The zero-order valence-corrected chi connectivity index (χ0v) is 11.8. The van der Waals surface area contributed by atoms with Crippen molar-refractivity contribution in [2.24, 2.45) is 5.73 Å². The van der Waals surface area contributed by atoms with Crippen LogP contribution in [-0.2, 0) is 11.2 Å². The first-order valence-corrected chi connectivity index (χ1v) is 7.46. The van der Waals surface area contributed by atoms with Crippen LogP contribution >= 0.6 is 0 Å². The summed E-state index contributed by atoms with van der Waals surface area (Å²) in [7, 11) is 0. The van der Waals surface area contributed by atoms with E-state index >= 15 is 0 Å². The Kier molecular flexibility index (Phi) is 6.34. The minimum atomic E-state index is 0.439. The largest absolute Gasteiger partial charge is 0.377 e. The highest BCUT2D eigenvalue weighted by atomic mass is 16.5. The summed E-state index contributed by atoms with van der Waals surface area (Å²) in [5.74, 6) is 0. The summed E-state index contributed by atoms with van der Waals surface area (Å²) in [5, 5.41) is 0. The van der Waals surface area contributed by atoms with E-state index in [-0.39, 0.29) is 0 Å². The zero-order chi connectivity index (χ0) is 13.3. The number of rotatable bonds is 7. The quantitative estimate of drug-likeness (QED) is 0.817. The molecule has 1 aliphatic rings. The second-order valence-electron chi connectivity index (χ2n) is 5.29. The molecule has 3 nitrogen and oxygen atoms in total. The third-order valence-electron chi connectivity index (χ3n) is 3.79. The van der Waals surface area contributed by atoms with Crippen LogP contribution in [0, 0.1) is 0 Å². The third-order valence-corrected chi connectivity index (χ3v) is 3.79. The van der Waals surface area contributed by atoms with Gasteiger partial charge in [-0.05, 0) is 37.8 Å². The van der Waals surface area contributed by atoms with E-state index < -0.39 is 0 Å². The molecule has 0 unspecified atom stereocenters. The van der Waals surface area contributed by atoms with Crippen LogP contribution in [-0.4, -0.2) is 43.8 Å². The minimum Gasteiger partial charge on any atom is -0.377 e. The molecule has 1 saturated heterocycles. The van der Waals surface area contributed by atoms with Crippen LogP contribution in [0.1, 0.15) is 24.8 Å². The molecule has 0 amide bonds. The van der Waals surface area contributed by atoms with Crippen LogP contribution in [0.4, 0.5) is 0 Å². The smallest absolute Gasteiger partial charge is 0.0600 e. The van der Waals surface area contributed by atoms with E-state index in [4.69, 9.17) is 10.5 Å². The van der Waals surface area contributed by atoms with Crippen molar-refractivity contribution in [3.8, 4) is 0 Å². The fraction of sp³-hybridized carbons (Fsp3) is 0.625. The molecule has 0 radical (unpaired) electrons. The summed E-state index contributed by atoms with van der Waals surface area (Å²) in [6.45, 7) is 4.89. The minimum absolute atomic E-state index is 0.439. The number of nitrogens with zero attached hydrogens (tertiary/aromatic N) is 1. The molecule has 0 aliphatic carbocycles. The summed E-state index contributed by atoms with van der Waals surface area (Å²) in [5.41, 5.74) is 6.91. The van der Waals surface area contributed by atoms with Gasteiger partial charge in [0.25, 0.3) is 0 Å². The summed E-state index contributed by atoms with van der Waals surface area (Å²) in [4.78, 5) is 2.56. The molecule has 1 aromatic rings. The standard InChI is InChI=1S/C16H26N2O/c17-10-14-19-16-8-12-18(13-9-16)11-4-7-15-5-2-1-3-6-15/h1-3,5-6,16H,4,7-14,17H2. The van der Waals surface area contributed by atoms with Crippen LogP contribution in [0.5, 0.6) is 0 Å². The van der Waals surface area contributed by atoms with Crippen LogP contribution in [0.2, 0.25) is 0 Å². The average molecular weight is 262 g/mol. The maximum absolute atomic E-state index is 5.70. The average Bonchev–Trinajstić information content (AvgIpc) is 2.47. The number of likely N-dealkylation sites (tertiary alicyclic amines) is 1. The number of nitrogens with two attached hydrogens (primary N) is 1. The van der Waals surface area contributed by atoms with Crippen molar-refractivity contribution in [3.63, 3.8) is 0 Å². The molecule has 1 heterocycles. The molecule has 0 saturated carbocycles. The summed E-state index contributed by atoms with van der Waals surface area (Å²) >= 11 is 0. The normalized spacial score (nSPS) is 17.7. The molecule has 1 fully saturated rings. The van der Waals surface area contributed by atoms with Gasteiger partial charge in [0.1, 0.15) is 0 Å². The second-order valence-corrected chi connectivity index (χ2v) is 5.29. The molecule has 1 aromatic carbocycles. The van der Waals surface area contributed by atoms with Gasteiger partial charge in [-0.15, -0.1) is 0 Å². The highest BCUT2D eigenvalue weighted by molar-refractivity contribution is 5.14. The highest BCUT2D eigenvalue weighted by Crippen LogP contribution is 2.14. The Morgan fingerprint density at radius 1 is 1.16 bits per heavy atom. The first-order chi connectivity index (χ1) is 9.38. The molecule has 0 atom stereocenters. The van der Waals surface area contributed by atoms with Gasteiger partial charge in [0.2, 0.25) is 0 Å². The lowest BCUT2D eigenvalue weighted by molar-refractivity contribution is 0.0113. The lowest BCUT2D eigenvalue weighted by atomic mass is 10.1. The van der Waals surface area contributed by atoms with E-state index in [0.29, 0.717) is 19.3 Å². The number of piperidine rings is 1. The predicted molar refractivity (Wildman–Crippen MR) is 79.2 cm³/mol. The van der Waals surface area contributed by atoms with Crippen molar-refractivity contribution in [3.05, 3.63) is 35.9 Å². The summed E-state index contributed by atoms with van der Waals surface area (Å²) in [6, 6.07) is 10.8. The lowest BCUT2D eigenvalue weighted by Crippen LogP contribution is -2.38. The topological polar surface area (TPSA) is 38.5 Å². The molecule has 3 heteroatoms. The molecule has 0 aromatic heterocycles. The van der Waals surface area contributed by atoms with Gasteiger partial charge in [-0.2, -0.15) is 0 Å². The van der Waals surface area contributed by atoms with Crippen LogP contribution in [0.3, 0.4) is 0 Å². The van der Waals surface area contributed by atoms with Crippen LogP contribution in [0.25, 0.3) is 0 Å². The molecule has 106 valence electrons. The van der Waals surface area contributed by atoms with E-state index in [1.54, 1.807) is 0 Å². The number of benzene rings is 1.